The highest BCUT2D eigenvalue weighted by Crippen LogP contribution is 2.30. The summed E-state index contributed by atoms with van der Waals surface area (Å²) in [5.74, 6) is 0.760. The molecule has 23 heavy (non-hydrogen) atoms. The molecular formula is C17H26N2O4. The number of amides is 2. The molecule has 128 valence electrons. The van der Waals surface area contributed by atoms with Crippen molar-refractivity contribution in [2.24, 2.45) is 5.92 Å². The lowest BCUT2D eigenvalue weighted by Crippen LogP contribution is -2.37. The molecule has 0 unspecified atom stereocenters. The summed E-state index contributed by atoms with van der Waals surface area (Å²) in [4.78, 5) is 25.3. The number of carbonyl (C=O) groups is 2. The summed E-state index contributed by atoms with van der Waals surface area (Å²) in [6, 6.07) is 5.22. The van der Waals surface area contributed by atoms with Crippen LogP contribution in [0.2, 0.25) is 0 Å². The molecule has 1 rings (SSSR count). The van der Waals surface area contributed by atoms with Crippen molar-refractivity contribution in [2.45, 2.75) is 27.7 Å². The van der Waals surface area contributed by atoms with Gasteiger partial charge in [0, 0.05) is 24.7 Å². The quantitative estimate of drug-likeness (QED) is 0.798. The van der Waals surface area contributed by atoms with Crippen LogP contribution in [-0.2, 0) is 9.59 Å². The van der Waals surface area contributed by atoms with Gasteiger partial charge in [0.25, 0.3) is 0 Å². The molecule has 0 aliphatic carbocycles. The monoisotopic (exact) mass is 322 g/mol. The number of likely N-dealkylation sites (N-methyl/N-ethyl adjacent to an activating group) is 1. The fourth-order valence-corrected chi connectivity index (χ4v) is 2.06. The Labute approximate surface area is 137 Å². The van der Waals surface area contributed by atoms with E-state index in [-0.39, 0.29) is 24.3 Å². The molecule has 6 nitrogen and oxygen atoms in total. The van der Waals surface area contributed by atoms with Gasteiger partial charge in [0.15, 0.2) is 11.5 Å². The number of benzene rings is 1. The smallest absolute Gasteiger partial charge is 0.243 e. The van der Waals surface area contributed by atoms with E-state index in [1.165, 1.54) is 4.90 Å². The van der Waals surface area contributed by atoms with Crippen molar-refractivity contribution in [3.8, 4) is 11.5 Å². The van der Waals surface area contributed by atoms with Gasteiger partial charge in [-0.1, -0.05) is 13.8 Å². The van der Waals surface area contributed by atoms with Crippen molar-refractivity contribution in [1.29, 1.82) is 0 Å². The Balaban J connectivity index is 2.74. The third kappa shape index (κ3) is 5.81. The largest absolute Gasteiger partial charge is 0.490 e. The molecule has 0 aromatic heterocycles. The molecule has 0 spiro atoms. The molecule has 0 atom stereocenters. The highest BCUT2D eigenvalue weighted by molar-refractivity contribution is 5.94. The van der Waals surface area contributed by atoms with Gasteiger partial charge in [0.05, 0.1) is 19.8 Å². The Morgan fingerprint density at radius 1 is 1.13 bits per heavy atom. The van der Waals surface area contributed by atoms with E-state index in [1.807, 2.05) is 13.8 Å². The Bertz CT molecular complexity index is 543. The molecule has 2 amide bonds. The zero-order valence-electron chi connectivity index (χ0n) is 14.5. The molecule has 0 saturated carbocycles. The van der Waals surface area contributed by atoms with Crippen LogP contribution in [-0.4, -0.2) is 43.5 Å². The van der Waals surface area contributed by atoms with Gasteiger partial charge in [-0.15, -0.1) is 0 Å². The molecular weight excluding hydrogens is 296 g/mol. The van der Waals surface area contributed by atoms with E-state index in [0.717, 1.165) is 0 Å². The zero-order valence-corrected chi connectivity index (χ0v) is 14.5. The van der Waals surface area contributed by atoms with Crippen LogP contribution in [0.4, 0.5) is 5.69 Å². The van der Waals surface area contributed by atoms with E-state index in [9.17, 15) is 9.59 Å². The Kier molecular flexibility index (Phi) is 7.38. The summed E-state index contributed by atoms with van der Waals surface area (Å²) in [7, 11) is 1.62. The second kappa shape index (κ2) is 9.02. The highest BCUT2D eigenvalue weighted by Gasteiger charge is 2.16. The second-order valence-electron chi connectivity index (χ2n) is 5.42. The maximum Gasteiger partial charge on any atom is 0.243 e. The summed E-state index contributed by atoms with van der Waals surface area (Å²) >= 11 is 0. The molecule has 1 N–H and O–H groups in total. The van der Waals surface area contributed by atoms with Crippen LogP contribution in [0.15, 0.2) is 18.2 Å². The normalized spacial score (nSPS) is 10.3. The zero-order chi connectivity index (χ0) is 17.4. The van der Waals surface area contributed by atoms with Crippen LogP contribution in [0.1, 0.15) is 27.7 Å². The SMILES string of the molecule is CCOc1ccc(NC(=O)CN(C)C(=O)C(C)C)cc1OCC. The van der Waals surface area contributed by atoms with Crippen LogP contribution < -0.4 is 14.8 Å². The van der Waals surface area contributed by atoms with Crippen molar-refractivity contribution in [3.63, 3.8) is 0 Å². The van der Waals surface area contributed by atoms with Crippen molar-refractivity contribution in [2.75, 3.05) is 32.1 Å². The third-order valence-corrected chi connectivity index (χ3v) is 3.08. The lowest BCUT2D eigenvalue weighted by atomic mass is 10.2. The van der Waals surface area contributed by atoms with Crippen LogP contribution in [0.25, 0.3) is 0 Å². The van der Waals surface area contributed by atoms with Gasteiger partial charge in [-0.2, -0.15) is 0 Å². The highest BCUT2D eigenvalue weighted by atomic mass is 16.5. The first-order valence-electron chi connectivity index (χ1n) is 7.83. The minimum atomic E-state index is -0.256. The number of nitrogens with zero attached hydrogens (tertiary/aromatic N) is 1. The minimum Gasteiger partial charge on any atom is -0.490 e. The molecule has 0 radical (unpaired) electrons. The molecule has 1 aromatic rings. The number of hydrogen-bond donors (Lipinski definition) is 1. The number of anilines is 1. The topological polar surface area (TPSA) is 67.9 Å². The predicted octanol–water partition coefficient (Wildman–Crippen LogP) is 2.54. The van der Waals surface area contributed by atoms with Gasteiger partial charge in [-0.3, -0.25) is 9.59 Å². The summed E-state index contributed by atoms with van der Waals surface area (Å²) in [6.07, 6.45) is 0. The number of nitrogens with one attached hydrogen (secondary N) is 1. The maximum absolute atomic E-state index is 12.1. The Hall–Kier alpha value is -2.24. The molecule has 1 aromatic carbocycles. The van der Waals surface area contributed by atoms with Gasteiger partial charge in [0.2, 0.25) is 11.8 Å². The summed E-state index contributed by atoms with van der Waals surface area (Å²) in [5, 5.41) is 2.77. The first-order chi connectivity index (χ1) is 10.9. The average molecular weight is 322 g/mol. The Morgan fingerprint density at radius 2 is 1.74 bits per heavy atom. The first-order valence-corrected chi connectivity index (χ1v) is 7.83. The molecule has 0 fully saturated rings. The molecule has 6 heteroatoms. The molecule has 0 bridgehead atoms. The van der Waals surface area contributed by atoms with E-state index in [4.69, 9.17) is 9.47 Å². The fourth-order valence-electron chi connectivity index (χ4n) is 2.06. The number of ether oxygens (including phenoxy) is 2. The second-order valence-corrected chi connectivity index (χ2v) is 5.42. The number of carbonyl (C=O) groups excluding carboxylic acids is 2. The van der Waals surface area contributed by atoms with Gasteiger partial charge in [-0.25, -0.2) is 0 Å². The van der Waals surface area contributed by atoms with Crippen molar-refractivity contribution >= 4 is 17.5 Å². The maximum atomic E-state index is 12.1. The fraction of sp³-hybridized carbons (Fsp3) is 0.529. The average Bonchev–Trinajstić information content (AvgIpc) is 2.49. The van der Waals surface area contributed by atoms with E-state index < -0.39 is 0 Å². The van der Waals surface area contributed by atoms with Gasteiger partial charge >= 0.3 is 0 Å². The number of hydrogen-bond acceptors (Lipinski definition) is 4. The summed E-state index contributed by atoms with van der Waals surface area (Å²) in [5.41, 5.74) is 0.604. The molecule has 0 heterocycles. The lowest BCUT2D eigenvalue weighted by molar-refractivity contribution is -0.136. The summed E-state index contributed by atoms with van der Waals surface area (Å²) < 4.78 is 11.0. The number of rotatable bonds is 8. The van der Waals surface area contributed by atoms with Gasteiger partial charge in [-0.05, 0) is 26.0 Å². The van der Waals surface area contributed by atoms with E-state index >= 15 is 0 Å². The van der Waals surface area contributed by atoms with E-state index in [0.29, 0.717) is 30.4 Å². The van der Waals surface area contributed by atoms with Crippen LogP contribution in [0.5, 0.6) is 11.5 Å². The van der Waals surface area contributed by atoms with E-state index in [2.05, 4.69) is 5.32 Å². The van der Waals surface area contributed by atoms with Crippen molar-refractivity contribution < 1.29 is 19.1 Å². The molecule has 0 aliphatic heterocycles. The van der Waals surface area contributed by atoms with Crippen molar-refractivity contribution in [3.05, 3.63) is 18.2 Å². The standard InChI is InChI=1S/C17H26N2O4/c1-6-22-14-9-8-13(10-15(14)23-7-2)18-16(20)11-19(5)17(21)12(3)4/h8-10,12H,6-7,11H2,1-5H3,(H,18,20). The van der Waals surface area contributed by atoms with Crippen LogP contribution in [0.3, 0.4) is 0 Å². The van der Waals surface area contributed by atoms with Gasteiger partial charge < -0.3 is 19.7 Å². The van der Waals surface area contributed by atoms with E-state index in [1.54, 1.807) is 39.1 Å². The predicted molar refractivity (Wildman–Crippen MR) is 89.9 cm³/mol. The summed E-state index contributed by atoms with van der Waals surface area (Å²) in [6.45, 7) is 8.43. The third-order valence-electron chi connectivity index (χ3n) is 3.08. The molecule has 0 saturated heterocycles. The van der Waals surface area contributed by atoms with Crippen LogP contribution >= 0.6 is 0 Å². The first kappa shape index (κ1) is 18.8. The Morgan fingerprint density at radius 3 is 2.30 bits per heavy atom. The minimum absolute atomic E-state index is 0.00813. The van der Waals surface area contributed by atoms with Crippen LogP contribution in [0, 0.1) is 5.92 Å². The molecule has 0 aliphatic rings. The lowest BCUT2D eigenvalue weighted by Gasteiger charge is -2.19. The van der Waals surface area contributed by atoms with Gasteiger partial charge in [0.1, 0.15) is 0 Å². The van der Waals surface area contributed by atoms with Crippen molar-refractivity contribution in [1.82, 2.24) is 4.90 Å².